The first-order valence-corrected chi connectivity index (χ1v) is 10.3. The van der Waals surface area contributed by atoms with Crippen molar-refractivity contribution in [3.8, 4) is 16.9 Å². The molecule has 1 amide bonds. The van der Waals surface area contributed by atoms with Gasteiger partial charge in [-0.2, -0.15) is 0 Å². The van der Waals surface area contributed by atoms with Gasteiger partial charge in [-0.15, -0.1) is 16.4 Å². The Morgan fingerprint density at radius 2 is 2.00 bits per heavy atom. The van der Waals surface area contributed by atoms with Gasteiger partial charge in [0.2, 0.25) is 0 Å². The number of para-hydroxylation sites is 1. The van der Waals surface area contributed by atoms with E-state index in [2.05, 4.69) is 25.6 Å². The topological polar surface area (TPSA) is 85.6 Å². The van der Waals surface area contributed by atoms with Gasteiger partial charge in [0, 0.05) is 36.3 Å². The maximum absolute atomic E-state index is 12.3. The molecule has 0 atom stereocenters. The minimum absolute atomic E-state index is 0.249. The van der Waals surface area contributed by atoms with Crippen molar-refractivity contribution in [1.29, 1.82) is 0 Å². The SMILES string of the molecule is O=C(NCCCc1nc(-c2ccncc2)cs1)c1cn(-c2ccccc2Cl)nn1. The number of carbonyl (C=O) groups excluding carboxylic acids is 1. The zero-order chi connectivity index (χ0) is 20.1. The van der Waals surface area contributed by atoms with Gasteiger partial charge in [-0.3, -0.25) is 9.78 Å². The average Bonchev–Trinajstić information content (AvgIpc) is 3.42. The number of carbonyl (C=O) groups is 1. The van der Waals surface area contributed by atoms with E-state index in [4.69, 9.17) is 11.6 Å². The van der Waals surface area contributed by atoms with Crippen LogP contribution in [0.5, 0.6) is 0 Å². The summed E-state index contributed by atoms with van der Waals surface area (Å²) in [7, 11) is 0. The first-order valence-electron chi connectivity index (χ1n) is 9.01. The molecule has 29 heavy (non-hydrogen) atoms. The molecule has 3 aromatic heterocycles. The molecular formula is C20H17ClN6OS. The number of hydrogen-bond acceptors (Lipinski definition) is 6. The summed E-state index contributed by atoms with van der Waals surface area (Å²) in [6.45, 7) is 0.530. The van der Waals surface area contributed by atoms with Crippen LogP contribution < -0.4 is 5.32 Å². The smallest absolute Gasteiger partial charge is 0.273 e. The molecule has 4 rings (SSSR count). The van der Waals surface area contributed by atoms with Crippen molar-refractivity contribution in [3.63, 3.8) is 0 Å². The number of nitrogens with zero attached hydrogens (tertiary/aromatic N) is 5. The van der Waals surface area contributed by atoms with Gasteiger partial charge in [-0.1, -0.05) is 28.9 Å². The summed E-state index contributed by atoms with van der Waals surface area (Å²) >= 11 is 7.77. The fraction of sp³-hybridized carbons (Fsp3) is 0.150. The zero-order valence-corrected chi connectivity index (χ0v) is 16.9. The third-order valence-corrected chi connectivity index (χ3v) is 5.43. The van der Waals surface area contributed by atoms with Crippen LogP contribution >= 0.6 is 22.9 Å². The molecule has 0 radical (unpaired) electrons. The van der Waals surface area contributed by atoms with E-state index in [1.807, 2.05) is 35.7 Å². The van der Waals surface area contributed by atoms with Gasteiger partial charge in [0.15, 0.2) is 5.69 Å². The number of pyridine rings is 1. The predicted octanol–water partition coefficient (Wildman–Crippen LogP) is 3.80. The Bertz CT molecular complexity index is 1110. The van der Waals surface area contributed by atoms with Crippen LogP contribution in [0.1, 0.15) is 21.9 Å². The highest BCUT2D eigenvalue weighted by Gasteiger charge is 2.12. The van der Waals surface area contributed by atoms with E-state index in [1.165, 1.54) is 4.68 Å². The number of benzene rings is 1. The molecule has 0 unspecified atom stereocenters. The molecule has 0 saturated carbocycles. The quantitative estimate of drug-likeness (QED) is 0.456. The molecule has 9 heteroatoms. The van der Waals surface area contributed by atoms with Crippen molar-refractivity contribution in [2.24, 2.45) is 0 Å². The molecule has 0 saturated heterocycles. The first kappa shape index (κ1) is 19.2. The largest absolute Gasteiger partial charge is 0.351 e. The van der Waals surface area contributed by atoms with Crippen LogP contribution in [0, 0.1) is 0 Å². The molecule has 7 nitrogen and oxygen atoms in total. The third-order valence-electron chi connectivity index (χ3n) is 4.21. The number of thiazole rings is 1. The summed E-state index contributed by atoms with van der Waals surface area (Å²) in [6.07, 6.45) is 6.66. The number of aromatic nitrogens is 5. The van der Waals surface area contributed by atoms with Gasteiger partial charge >= 0.3 is 0 Å². The Balaban J connectivity index is 1.28. The molecule has 0 bridgehead atoms. The third kappa shape index (κ3) is 4.67. The first-order chi connectivity index (χ1) is 14.2. The van der Waals surface area contributed by atoms with Crippen LogP contribution in [-0.2, 0) is 6.42 Å². The van der Waals surface area contributed by atoms with Crippen molar-refractivity contribution in [2.45, 2.75) is 12.8 Å². The van der Waals surface area contributed by atoms with Crippen LogP contribution in [0.25, 0.3) is 16.9 Å². The summed E-state index contributed by atoms with van der Waals surface area (Å²) in [5.41, 5.74) is 2.93. The summed E-state index contributed by atoms with van der Waals surface area (Å²) in [5.74, 6) is -0.264. The molecule has 4 aromatic rings. The Morgan fingerprint density at radius 3 is 2.83 bits per heavy atom. The monoisotopic (exact) mass is 424 g/mol. The lowest BCUT2D eigenvalue weighted by molar-refractivity contribution is 0.0948. The molecule has 0 aliphatic carbocycles. The molecule has 1 aromatic carbocycles. The van der Waals surface area contributed by atoms with Crippen LogP contribution in [-0.4, -0.2) is 37.4 Å². The standard InChI is InChI=1S/C20H17ClN6OS/c21-15-4-1-2-5-18(15)27-12-16(25-26-27)20(28)23-9-3-6-19-24-17(13-29-19)14-7-10-22-11-8-14/h1-2,4-5,7-8,10-13H,3,6,9H2,(H,23,28). The van der Waals surface area contributed by atoms with E-state index >= 15 is 0 Å². The molecule has 1 N–H and O–H groups in total. The van der Waals surface area contributed by atoms with Crippen LogP contribution in [0.2, 0.25) is 5.02 Å². The number of nitrogens with one attached hydrogen (secondary N) is 1. The lowest BCUT2D eigenvalue weighted by atomic mass is 10.2. The Morgan fingerprint density at radius 1 is 1.17 bits per heavy atom. The Hall–Kier alpha value is -3.10. The van der Waals surface area contributed by atoms with E-state index in [1.54, 1.807) is 36.0 Å². The number of aryl methyl sites for hydroxylation is 1. The van der Waals surface area contributed by atoms with Gasteiger partial charge in [-0.05, 0) is 30.7 Å². The summed E-state index contributed by atoms with van der Waals surface area (Å²) in [5, 5.41) is 14.4. The number of rotatable bonds is 7. The predicted molar refractivity (Wildman–Crippen MR) is 112 cm³/mol. The number of halogens is 1. The highest BCUT2D eigenvalue weighted by Crippen LogP contribution is 2.22. The summed E-state index contributed by atoms with van der Waals surface area (Å²) in [4.78, 5) is 21.0. The second-order valence-corrected chi connectivity index (χ2v) is 7.57. The minimum Gasteiger partial charge on any atom is -0.351 e. The maximum atomic E-state index is 12.3. The van der Waals surface area contributed by atoms with Crippen molar-refractivity contribution in [3.05, 3.63) is 76.1 Å². The fourth-order valence-corrected chi connectivity index (χ4v) is 3.81. The molecular weight excluding hydrogens is 408 g/mol. The number of amides is 1. The van der Waals surface area contributed by atoms with Crippen molar-refractivity contribution >= 4 is 28.8 Å². The Labute approximate surface area is 176 Å². The fourth-order valence-electron chi connectivity index (χ4n) is 2.74. The van der Waals surface area contributed by atoms with Crippen molar-refractivity contribution in [1.82, 2.24) is 30.3 Å². The van der Waals surface area contributed by atoms with Crippen molar-refractivity contribution < 1.29 is 4.79 Å². The zero-order valence-electron chi connectivity index (χ0n) is 15.3. The second kappa shape index (κ2) is 8.93. The van der Waals surface area contributed by atoms with Crippen molar-refractivity contribution in [2.75, 3.05) is 6.54 Å². The molecule has 0 fully saturated rings. The van der Waals surface area contributed by atoms with Gasteiger partial charge in [0.25, 0.3) is 5.91 Å². The Kier molecular flexibility index (Phi) is 5.92. The van der Waals surface area contributed by atoms with E-state index in [0.717, 1.165) is 29.1 Å². The van der Waals surface area contributed by atoms with E-state index in [-0.39, 0.29) is 11.6 Å². The lowest BCUT2D eigenvalue weighted by Crippen LogP contribution is -2.25. The van der Waals surface area contributed by atoms with Gasteiger partial charge in [0.05, 0.1) is 27.6 Å². The maximum Gasteiger partial charge on any atom is 0.273 e. The van der Waals surface area contributed by atoms with Crippen LogP contribution in [0.3, 0.4) is 0 Å². The molecule has 0 spiro atoms. The lowest BCUT2D eigenvalue weighted by Gasteiger charge is -2.02. The van der Waals surface area contributed by atoms with Crippen LogP contribution in [0.15, 0.2) is 60.4 Å². The van der Waals surface area contributed by atoms with E-state index in [0.29, 0.717) is 17.3 Å². The molecule has 3 heterocycles. The second-order valence-electron chi connectivity index (χ2n) is 6.22. The van der Waals surface area contributed by atoms with Gasteiger partial charge in [-0.25, -0.2) is 9.67 Å². The average molecular weight is 425 g/mol. The highest BCUT2D eigenvalue weighted by molar-refractivity contribution is 7.09. The molecule has 146 valence electrons. The molecule has 0 aliphatic rings. The number of hydrogen-bond donors (Lipinski definition) is 1. The molecule has 0 aliphatic heterocycles. The van der Waals surface area contributed by atoms with Crippen LogP contribution in [0.4, 0.5) is 0 Å². The minimum atomic E-state index is -0.264. The normalized spacial score (nSPS) is 10.8. The summed E-state index contributed by atoms with van der Waals surface area (Å²) in [6, 6.07) is 11.1. The van der Waals surface area contributed by atoms with Gasteiger partial charge < -0.3 is 5.32 Å². The van der Waals surface area contributed by atoms with E-state index in [9.17, 15) is 4.79 Å². The summed E-state index contributed by atoms with van der Waals surface area (Å²) < 4.78 is 1.49. The van der Waals surface area contributed by atoms with Gasteiger partial charge in [0.1, 0.15) is 0 Å². The highest BCUT2D eigenvalue weighted by atomic mass is 35.5. The van der Waals surface area contributed by atoms with E-state index < -0.39 is 0 Å².